The lowest BCUT2D eigenvalue weighted by atomic mass is 10.1. The molecule has 0 radical (unpaired) electrons. The zero-order chi connectivity index (χ0) is 26.8. The standard InChI is InChI=1S/C26H30N8O4/c1-14(2)31-17-9-16(11-28-12-17)22-32-23(29-10-15-7-5-4-6-8-15)18-24(33-22)34(13-30-18)26-20(36)19(35)21(38-26)25(37)27-3/h4-9,11-14,19-21,26,31,35-36H,10H2,1-3H3,(H,27,37)(H,29,32,33). The molecule has 0 bridgehead atoms. The fourth-order valence-corrected chi connectivity index (χ4v) is 4.36. The first-order valence-corrected chi connectivity index (χ1v) is 12.3. The summed E-state index contributed by atoms with van der Waals surface area (Å²) < 4.78 is 7.29. The number of hydrogen-bond acceptors (Lipinski definition) is 10. The van der Waals surface area contributed by atoms with Gasteiger partial charge in [-0.3, -0.25) is 14.3 Å². The zero-order valence-electron chi connectivity index (χ0n) is 21.2. The zero-order valence-corrected chi connectivity index (χ0v) is 21.2. The quantitative estimate of drug-likeness (QED) is 0.232. The second-order valence-electron chi connectivity index (χ2n) is 9.36. The van der Waals surface area contributed by atoms with Gasteiger partial charge >= 0.3 is 0 Å². The Morgan fingerprint density at radius 3 is 2.66 bits per heavy atom. The number of aliphatic hydroxyl groups excluding tert-OH is 2. The average Bonchev–Trinajstić information content (AvgIpc) is 3.47. The van der Waals surface area contributed by atoms with Crippen molar-refractivity contribution in [3.63, 3.8) is 0 Å². The van der Waals surface area contributed by atoms with E-state index in [1.807, 2.05) is 50.2 Å². The molecule has 5 N–H and O–H groups in total. The van der Waals surface area contributed by atoms with Gasteiger partial charge in [-0.05, 0) is 25.5 Å². The van der Waals surface area contributed by atoms with Crippen molar-refractivity contribution in [1.82, 2.24) is 29.8 Å². The molecule has 38 heavy (non-hydrogen) atoms. The summed E-state index contributed by atoms with van der Waals surface area (Å²) in [5.74, 6) is 0.320. The molecule has 12 nitrogen and oxygen atoms in total. The summed E-state index contributed by atoms with van der Waals surface area (Å²) in [5, 5.41) is 30.3. The van der Waals surface area contributed by atoms with E-state index in [1.54, 1.807) is 12.4 Å². The Bertz CT molecular complexity index is 1430. The van der Waals surface area contributed by atoms with Gasteiger partial charge in [-0.2, -0.15) is 0 Å². The first kappa shape index (κ1) is 25.5. The monoisotopic (exact) mass is 518 g/mol. The van der Waals surface area contributed by atoms with Gasteiger partial charge in [0.2, 0.25) is 0 Å². The number of aliphatic hydroxyl groups is 2. The number of aromatic nitrogens is 5. The number of rotatable bonds is 8. The number of amides is 1. The Morgan fingerprint density at radius 2 is 1.92 bits per heavy atom. The molecule has 0 aliphatic carbocycles. The van der Waals surface area contributed by atoms with Gasteiger partial charge in [0.25, 0.3) is 5.91 Å². The highest BCUT2D eigenvalue weighted by molar-refractivity contribution is 5.85. The maximum Gasteiger partial charge on any atom is 0.251 e. The van der Waals surface area contributed by atoms with Crippen LogP contribution < -0.4 is 16.0 Å². The van der Waals surface area contributed by atoms with Crippen molar-refractivity contribution in [1.29, 1.82) is 0 Å². The molecule has 5 rings (SSSR count). The smallest absolute Gasteiger partial charge is 0.251 e. The molecule has 1 saturated heterocycles. The Morgan fingerprint density at radius 1 is 1.13 bits per heavy atom. The molecular weight excluding hydrogens is 488 g/mol. The van der Waals surface area contributed by atoms with E-state index in [0.717, 1.165) is 11.3 Å². The van der Waals surface area contributed by atoms with Gasteiger partial charge in [0.1, 0.15) is 12.2 Å². The highest BCUT2D eigenvalue weighted by Crippen LogP contribution is 2.34. The molecule has 12 heteroatoms. The number of carbonyl (C=O) groups excluding carboxylic acids is 1. The van der Waals surface area contributed by atoms with Crippen LogP contribution in [0.25, 0.3) is 22.6 Å². The van der Waals surface area contributed by atoms with Crippen molar-refractivity contribution < 1.29 is 19.7 Å². The summed E-state index contributed by atoms with van der Waals surface area (Å²) in [6.07, 6.45) is -0.277. The van der Waals surface area contributed by atoms with Gasteiger partial charge in [0.15, 0.2) is 35.1 Å². The van der Waals surface area contributed by atoms with Gasteiger partial charge in [-0.1, -0.05) is 30.3 Å². The van der Waals surface area contributed by atoms with E-state index in [9.17, 15) is 15.0 Å². The second kappa shape index (κ2) is 10.7. The lowest BCUT2D eigenvalue weighted by Crippen LogP contribution is -2.41. The predicted molar refractivity (Wildman–Crippen MR) is 141 cm³/mol. The van der Waals surface area contributed by atoms with Gasteiger partial charge in [-0.15, -0.1) is 0 Å². The molecular formula is C26H30N8O4. The van der Waals surface area contributed by atoms with Crippen LogP contribution in [0.3, 0.4) is 0 Å². The van der Waals surface area contributed by atoms with Crippen molar-refractivity contribution in [2.75, 3.05) is 17.7 Å². The molecule has 4 unspecified atom stereocenters. The first-order valence-electron chi connectivity index (χ1n) is 12.3. The third-order valence-corrected chi connectivity index (χ3v) is 6.19. The summed E-state index contributed by atoms with van der Waals surface area (Å²) in [6.45, 7) is 4.56. The number of anilines is 2. The first-order chi connectivity index (χ1) is 18.4. The third-order valence-electron chi connectivity index (χ3n) is 6.19. The maximum atomic E-state index is 12.2. The third kappa shape index (κ3) is 5.01. The molecule has 4 aromatic rings. The van der Waals surface area contributed by atoms with E-state index in [-0.39, 0.29) is 6.04 Å². The van der Waals surface area contributed by atoms with E-state index in [1.165, 1.54) is 17.9 Å². The number of likely N-dealkylation sites (N-methyl/N-ethyl adjacent to an activating group) is 1. The number of imidazole rings is 1. The molecule has 0 saturated carbocycles. The molecule has 198 valence electrons. The molecule has 1 amide bonds. The van der Waals surface area contributed by atoms with Crippen molar-refractivity contribution in [3.8, 4) is 11.4 Å². The number of nitrogens with zero attached hydrogens (tertiary/aromatic N) is 5. The van der Waals surface area contributed by atoms with Gasteiger partial charge in [0, 0.05) is 37.6 Å². The SMILES string of the molecule is CNC(=O)C1OC(n2cnc3c(NCc4ccccc4)nc(-c4cncc(NC(C)C)c4)nc32)C(O)C1O. The number of pyridine rings is 1. The number of hydrogen-bond donors (Lipinski definition) is 5. The normalized spacial score (nSPS) is 21.1. The van der Waals surface area contributed by atoms with Crippen molar-refractivity contribution in [3.05, 3.63) is 60.7 Å². The van der Waals surface area contributed by atoms with Crippen molar-refractivity contribution in [2.45, 2.75) is 51.0 Å². The molecule has 1 fully saturated rings. The number of ether oxygens (including phenoxy) is 1. The second-order valence-corrected chi connectivity index (χ2v) is 9.36. The van der Waals surface area contributed by atoms with Crippen LogP contribution in [0, 0.1) is 0 Å². The summed E-state index contributed by atoms with van der Waals surface area (Å²) in [5.41, 5.74) is 3.35. The predicted octanol–water partition coefficient (Wildman–Crippen LogP) is 1.69. The Labute approximate surface area is 219 Å². The van der Waals surface area contributed by atoms with E-state index < -0.39 is 30.4 Å². The summed E-state index contributed by atoms with van der Waals surface area (Å²) in [7, 11) is 1.44. The van der Waals surface area contributed by atoms with Crippen LogP contribution in [-0.2, 0) is 16.1 Å². The highest BCUT2D eigenvalue weighted by Gasteiger charge is 2.47. The van der Waals surface area contributed by atoms with Crippen LogP contribution in [-0.4, -0.2) is 72.0 Å². The Hall–Kier alpha value is -4.13. The largest absolute Gasteiger partial charge is 0.387 e. The molecule has 1 aliphatic heterocycles. The van der Waals surface area contributed by atoms with Crippen LogP contribution in [0.5, 0.6) is 0 Å². The van der Waals surface area contributed by atoms with Crippen LogP contribution >= 0.6 is 0 Å². The Balaban J connectivity index is 1.58. The minimum atomic E-state index is -1.42. The van der Waals surface area contributed by atoms with E-state index in [4.69, 9.17) is 14.7 Å². The average molecular weight is 519 g/mol. The van der Waals surface area contributed by atoms with Gasteiger partial charge in [-0.25, -0.2) is 15.0 Å². The topological polar surface area (TPSA) is 159 Å². The van der Waals surface area contributed by atoms with Crippen molar-refractivity contribution in [2.24, 2.45) is 0 Å². The van der Waals surface area contributed by atoms with Crippen LogP contribution in [0.1, 0.15) is 25.6 Å². The highest BCUT2D eigenvalue weighted by atomic mass is 16.6. The molecule has 4 atom stereocenters. The number of benzene rings is 1. The molecule has 0 spiro atoms. The minimum absolute atomic E-state index is 0.209. The maximum absolute atomic E-state index is 12.2. The summed E-state index contributed by atoms with van der Waals surface area (Å²) >= 11 is 0. The lowest BCUT2D eigenvalue weighted by molar-refractivity contribution is -0.137. The fraction of sp³-hybridized carbons (Fsp3) is 0.346. The minimum Gasteiger partial charge on any atom is -0.387 e. The van der Waals surface area contributed by atoms with Crippen LogP contribution in [0.4, 0.5) is 11.5 Å². The summed E-state index contributed by atoms with van der Waals surface area (Å²) in [6, 6.07) is 12.0. The van der Waals surface area contributed by atoms with E-state index in [0.29, 0.717) is 34.9 Å². The van der Waals surface area contributed by atoms with Crippen LogP contribution in [0.2, 0.25) is 0 Å². The molecule has 1 aliphatic rings. The molecule has 1 aromatic carbocycles. The van der Waals surface area contributed by atoms with Crippen LogP contribution in [0.15, 0.2) is 55.1 Å². The number of carbonyl (C=O) groups is 1. The molecule has 3 aromatic heterocycles. The van der Waals surface area contributed by atoms with Gasteiger partial charge < -0.3 is 30.9 Å². The number of nitrogens with one attached hydrogen (secondary N) is 3. The van der Waals surface area contributed by atoms with Gasteiger partial charge in [0.05, 0.1) is 12.0 Å². The lowest BCUT2D eigenvalue weighted by Gasteiger charge is -2.17. The van der Waals surface area contributed by atoms with Crippen molar-refractivity contribution >= 4 is 28.6 Å². The summed E-state index contributed by atoms with van der Waals surface area (Å²) in [4.78, 5) is 30.5. The molecule has 4 heterocycles. The van der Waals surface area contributed by atoms with E-state index in [2.05, 4.69) is 25.9 Å². The number of fused-ring (bicyclic) bond motifs is 1. The van der Waals surface area contributed by atoms with E-state index >= 15 is 0 Å². The Kier molecular flexibility index (Phi) is 7.18. The fourth-order valence-electron chi connectivity index (χ4n) is 4.36.